The lowest BCUT2D eigenvalue weighted by molar-refractivity contribution is 0.227. The number of benzene rings is 1. The van der Waals surface area contributed by atoms with E-state index in [0.29, 0.717) is 16.6 Å². The van der Waals surface area contributed by atoms with Gasteiger partial charge in [-0.2, -0.15) is 0 Å². The average molecular weight is 305 g/mol. The third-order valence-corrected chi connectivity index (χ3v) is 3.60. The number of nitrogens with one attached hydrogen (secondary N) is 1. The number of rotatable bonds is 2. The van der Waals surface area contributed by atoms with Crippen LogP contribution in [0.2, 0.25) is 0 Å². The van der Waals surface area contributed by atoms with Gasteiger partial charge in [-0.05, 0) is 34.5 Å². The van der Waals surface area contributed by atoms with Gasteiger partial charge in [0.05, 0.1) is 4.47 Å². The summed E-state index contributed by atoms with van der Waals surface area (Å²) in [6.45, 7) is 5.38. The van der Waals surface area contributed by atoms with Crippen LogP contribution < -0.4 is 5.32 Å². The minimum absolute atomic E-state index is 0.166. The summed E-state index contributed by atoms with van der Waals surface area (Å²) >= 11 is 3.12. The smallest absolute Gasteiger partial charge is 0.144 e. The van der Waals surface area contributed by atoms with Gasteiger partial charge in [-0.15, -0.1) is 0 Å². The van der Waals surface area contributed by atoms with Gasteiger partial charge in [0.15, 0.2) is 0 Å². The van der Waals surface area contributed by atoms with Gasteiger partial charge >= 0.3 is 0 Å². The molecule has 0 unspecified atom stereocenters. The fraction of sp³-hybridized carbons (Fsp3) is 0.500. The minimum atomic E-state index is -0.480. The molecule has 5 heteroatoms. The predicted octanol–water partition coefficient (Wildman–Crippen LogP) is 2.44. The maximum Gasteiger partial charge on any atom is 0.144 e. The van der Waals surface area contributed by atoms with Gasteiger partial charge < -0.3 is 5.32 Å². The zero-order valence-corrected chi connectivity index (χ0v) is 11.3. The molecule has 0 atom stereocenters. The summed E-state index contributed by atoms with van der Waals surface area (Å²) in [6.07, 6.45) is 0. The number of halogens is 3. The molecule has 1 N–H and O–H groups in total. The van der Waals surface area contributed by atoms with Crippen molar-refractivity contribution in [2.75, 3.05) is 26.2 Å². The Morgan fingerprint density at radius 2 is 1.94 bits per heavy atom. The Kier molecular flexibility index (Phi) is 4.12. The molecule has 17 heavy (non-hydrogen) atoms. The average Bonchev–Trinajstić information content (AvgIpc) is 2.33. The highest BCUT2D eigenvalue weighted by Crippen LogP contribution is 2.25. The van der Waals surface area contributed by atoms with Crippen molar-refractivity contribution in [3.05, 3.63) is 33.3 Å². The van der Waals surface area contributed by atoms with E-state index in [1.165, 1.54) is 6.07 Å². The zero-order valence-electron chi connectivity index (χ0n) is 9.69. The summed E-state index contributed by atoms with van der Waals surface area (Å²) < 4.78 is 28.1. The molecule has 0 aliphatic carbocycles. The van der Waals surface area contributed by atoms with Crippen LogP contribution in [0.4, 0.5) is 8.78 Å². The highest BCUT2D eigenvalue weighted by molar-refractivity contribution is 9.10. The van der Waals surface area contributed by atoms with Crippen LogP contribution in [0.5, 0.6) is 0 Å². The van der Waals surface area contributed by atoms with E-state index < -0.39 is 11.6 Å². The van der Waals surface area contributed by atoms with Gasteiger partial charge in [-0.1, -0.05) is 0 Å². The Morgan fingerprint density at radius 1 is 1.29 bits per heavy atom. The lowest BCUT2D eigenvalue weighted by atomic mass is 10.1. The number of nitrogens with zero attached hydrogens (tertiary/aromatic N) is 1. The van der Waals surface area contributed by atoms with Crippen molar-refractivity contribution in [1.29, 1.82) is 0 Å². The van der Waals surface area contributed by atoms with Gasteiger partial charge in [0.25, 0.3) is 0 Å². The molecule has 1 fully saturated rings. The van der Waals surface area contributed by atoms with E-state index in [2.05, 4.69) is 26.1 Å². The minimum Gasteiger partial charge on any atom is -0.314 e. The van der Waals surface area contributed by atoms with Crippen LogP contribution in [0.3, 0.4) is 0 Å². The molecule has 94 valence electrons. The molecule has 0 spiro atoms. The molecule has 0 bridgehead atoms. The van der Waals surface area contributed by atoms with E-state index in [4.69, 9.17) is 0 Å². The molecule has 2 nitrogen and oxygen atoms in total. The standard InChI is InChI=1S/C12H15BrF2N2/c1-8-6-10(13)12(15)9(11(8)14)7-17-4-2-16-3-5-17/h6,16H,2-5,7H2,1H3. The van der Waals surface area contributed by atoms with Crippen LogP contribution in [0.25, 0.3) is 0 Å². The second kappa shape index (κ2) is 5.42. The van der Waals surface area contributed by atoms with E-state index in [0.717, 1.165) is 26.2 Å². The first kappa shape index (κ1) is 12.9. The van der Waals surface area contributed by atoms with E-state index in [1.54, 1.807) is 6.92 Å². The molecule has 1 heterocycles. The van der Waals surface area contributed by atoms with E-state index in [-0.39, 0.29) is 5.56 Å². The van der Waals surface area contributed by atoms with Crippen LogP contribution in [-0.2, 0) is 6.54 Å². The number of hydrogen-bond acceptors (Lipinski definition) is 2. The van der Waals surface area contributed by atoms with E-state index in [1.807, 2.05) is 0 Å². The Morgan fingerprint density at radius 3 is 2.59 bits per heavy atom. The largest absolute Gasteiger partial charge is 0.314 e. The van der Waals surface area contributed by atoms with Gasteiger partial charge in [-0.3, -0.25) is 4.90 Å². The Labute approximate surface area is 108 Å². The van der Waals surface area contributed by atoms with Crippen LogP contribution >= 0.6 is 15.9 Å². The second-order valence-corrected chi connectivity index (χ2v) is 5.16. The summed E-state index contributed by atoms with van der Waals surface area (Å²) in [5.74, 6) is -0.907. The molecule has 1 aliphatic heterocycles. The van der Waals surface area contributed by atoms with Crippen LogP contribution in [0.15, 0.2) is 10.5 Å². The van der Waals surface area contributed by atoms with E-state index in [9.17, 15) is 8.78 Å². The molecule has 0 aromatic heterocycles. The second-order valence-electron chi connectivity index (χ2n) is 4.31. The van der Waals surface area contributed by atoms with Crippen molar-refractivity contribution < 1.29 is 8.78 Å². The summed E-state index contributed by atoms with van der Waals surface area (Å²) in [4.78, 5) is 2.06. The van der Waals surface area contributed by atoms with Crippen LogP contribution in [0, 0.1) is 18.6 Å². The molecule has 0 radical (unpaired) electrons. The highest BCUT2D eigenvalue weighted by atomic mass is 79.9. The quantitative estimate of drug-likeness (QED) is 0.844. The SMILES string of the molecule is Cc1cc(Br)c(F)c(CN2CCNCC2)c1F. The summed E-state index contributed by atoms with van der Waals surface area (Å²) in [5, 5.41) is 3.21. The summed E-state index contributed by atoms with van der Waals surface area (Å²) in [6, 6.07) is 1.48. The maximum absolute atomic E-state index is 13.9. The van der Waals surface area contributed by atoms with Crippen molar-refractivity contribution in [1.82, 2.24) is 10.2 Å². The molecule has 1 aromatic rings. The molecule has 0 amide bonds. The third kappa shape index (κ3) is 2.84. The van der Waals surface area contributed by atoms with Crippen molar-refractivity contribution in [3.8, 4) is 0 Å². The number of aryl methyl sites for hydroxylation is 1. The highest BCUT2D eigenvalue weighted by Gasteiger charge is 2.19. The molecular weight excluding hydrogens is 290 g/mol. The van der Waals surface area contributed by atoms with E-state index >= 15 is 0 Å². The van der Waals surface area contributed by atoms with Gasteiger partial charge in [0.1, 0.15) is 11.6 Å². The molecule has 1 aliphatic rings. The van der Waals surface area contributed by atoms with Crippen molar-refractivity contribution >= 4 is 15.9 Å². The predicted molar refractivity (Wildman–Crippen MR) is 66.9 cm³/mol. The lowest BCUT2D eigenvalue weighted by Crippen LogP contribution is -2.43. The molecule has 0 saturated carbocycles. The first-order chi connectivity index (χ1) is 8.09. The van der Waals surface area contributed by atoms with Crippen LogP contribution in [0.1, 0.15) is 11.1 Å². The number of hydrogen-bond donors (Lipinski definition) is 1. The summed E-state index contributed by atoms with van der Waals surface area (Å²) in [5.41, 5.74) is 0.641. The topological polar surface area (TPSA) is 15.3 Å². The fourth-order valence-electron chi connectivity index (χ4n) is 2.03. The third-order valence-electron chi connectivity index (χ3n) is 3.02. The van der Waals surface area contributed by atoms with Gasteiger partial charge in [-0.25, -0.2) is 8.78 Å². The monoisotopic (exact) mass is 304 g/mol. The maximum atomic E-state index is 13.9. The lowest BCUT2D eigenvalue weighted by Gasteiger charge is -2.27. The molecule has 1 aromatic carbocycles. The molecular formula is C12H15BrF2N2. The first-order valence-electron chi connectivity index (χ1n) is 5.65. The van der Waals surface area contributed by atoms with Crippen molar-refractivity contribution in [3.63, 3.8) is 0 Å². The first-order valence-corrected chi connectivity index (χ1v) is 6.45. The fourth-order valence-corrected chi connectivity index (χ4v) is 2.61. The summed E-state index contributed by atoms with van der Waals surface area (Å²) in [7, 11) is 0. The number of piperazine rings is 1. The van der Waals surface area contributed by atoms with Crippen molar-refractivity contribution in [2.45, 2.75) is 13.5 Å². The van der Waals surface area contributed by atoms with Gasteiger partial charge in [0.2, 0.25) is 0 Å². The Bertz CT molecular complexity index is 391. The Hall–Kier alpha value is -0.520. The zero-order chi connectivity index (χ0) is 12.4. The van der Waals surface area contributed by atoms with Crippen molar-refractivity contribution in [2.24, 2.45) is 0 Å². The van der Waals surface area contributed by atoms with Gasteiger partial charge in [0, 0.05) is 38.3 Å². The molecule has 2 rings (SSSR count). The van der Waals surface area contributed by atoms with Crippen LogP contribution in [-0.4, -0.2) is 31.1 Å². The Balaban J connectivity index is 2.24. The normalized spacial score (nSPS) is 17.4. The molecule has 1 saturated heterocycles.